The molecule has 2 aromatic rings. The molecule has 1 amide bonds. The quantitative estimate of drug-likeness (QED) is 0.717. The van der Waals surface area contributed by atoms with Crippen LogP contribution < -0.4 is 9.62 Å². The van der Waals surface area contributed by atoms with E-state index in [-0.39, 0.29) is 17.3 Å². The van der Waals surface area contributed by atoms with Crippen molar-refractivity contribution in [1.82, 2.24) is 5.32 Å². The molecule has 0 heterocycles. The number of nitrogens with zero attached hydrogens (tertiary/aromatic N) is 1. The lowest BCUT2D eigenvalue weighted by Crippen LogP contribution is -2.41. The zero-order chi connectivity index (χ0) is 19.2. The first-order chi connectivity index (χ1) is 12.4. The van der Waals surface area contributed by atoms with Gasteiger partial charge in [0.25, 0.3) is 10.0 Å². The number of amides is 1. The van der Waals surface area contributed by atoms with Crippen LogP contribution in [-0.4, -0.2) is 41.1 Å². The maximum absolute atomic E-state index is 13.1. The van der Waals surface area contributed by atoms with Gasteiger partial charge in [-0.2, -0.15) is 0 Å². The number of carbonyl (C=O) groups is 1. The summed E-state index contributed by atoms with van der Waals surface area (Å²) in [6.45, 7) is 4.24. The third-order valence-electron chi connectivity index (χ3n) is 4.03. The second-order valence-corrected chi connectivity index (χ2v) is 7.80. The molecule has 0 unspecified atom stereocenters. The summed E-state index contributed by atoms with van der Waals surface area (Å²) in [6.07, 6.45) is 0. The van der Waals surface area contributed by atoms with Crippen molar-refractivity contribution in [3.05, 3.63) is 59.7 Å². The van der Waals surface area contributed by atoms with Crippen LogP contribution in [0.3, 0.4) is 0 Å². The molecule has 0 aliphatic heterocycles. The predicted molar refractivity (Wildman–Crippen MR) is 102 cm³/mol. The van der Waals surface area contributed by atoms with E-state index >= 15 is 0 Å². The third kappa shape index (κ3) is 4.83. The van der Waals surface area contributed by atoms with Gasteiger partial charge in [0.05, 0.1) is 17.2 Å². The van der Waals surface area contributed by atoms with Crippen LogP contribution in [0.1, 0.15) is 11.1 Å². The number of hydrogen-bond donors (Lipinski definition) is 1. The average Bonchev–Trinajstić information content (AvgIpc) is 2.63. The minimum absolute atomic E-state index is 0.142. The van der Waals surface area contributed by atoms with Crippen molar-refractivity contribution < 1.29 is 17.9 Å². The molecular weight excluding hydrogens is 352 g/mol. The zero-order valence-corrected chi connectivity index (χ0v) is 16.0. The minimum atomic E-state index is -3.87. The highest BCUT2D eigenvalue weighted by Crippen LogP contribution is 2.25. The van der Waals surface area contributed by atoms with Gasteiger partial charge in [0.2, 0.25) is 5.91 Å². The molecule has 1 N–H and O–H groups in total. The Labute approximate surface area is 154 Å². The predicted octanol–water partition coefficient (Wildman–Crippen LogP) is 2.26. The van der Waals surface area contributed by atoms with Gasteiger partial charge >= 0.3 is 0 Å². The first kappa shape index (κ1) is 19.9. The largest absolute Gasteiger partial charge is 0.383 e. The van der Waals surface area contributed by atoms with Gasteiger partial charge in [-0.15, -0.1) is 0 Å². The second kappa shape index (κ2) is 8.82. The minimum Gasteiger partial charge on any atom is -0.383 e. The van der Waals surface area contributed by atoms with Crippen molar-refractivity contribution >= 4 is 21.6 Å². The third-order valence-corrected chi connectivity index (χ3v) is 5.81. The van der Waals surface area contributed by atoms with Crippen LogP contribution in [0.5, 0.6) is 0 Å². The summed E-state index contributed by atoms with van der Waals surface area (Å²) in [4.78, 5) is 12.4. The standard InChI is InChI=1S/C19H24N2O4S/c1-15-9-10-17(13-16(15)2)21(14-19(22)20-11-12-25-3)26(23,24)18-7-5-4-6-8-18/h4-10,13H,11-12,14H2,1-3H3,(H,20,22). The summed E-state index contributed by atoms with van der Waals surface area (Å²) >= 11 is 0. The molecule has 2 aromatic carbocycles. The molecule has 0 saturated carbocycles. The van der Waals surface area contributed by atoms with Crippen LogP contribution in [-0.2, 0) is 19.6 Å². The molecule has 0 aromatic heterocycles. The molecule has 0 aliphatic carbocycles. The second-order valence-electron chi connectivity index (χ2n) is 5.94. The number of sulfonamides is 1. The van der Waals surface area contributed by atoms with E-state index in [1.54, 1.807) is 30.3 Å². The Morgan fingerprint density at radius 2 is 1.77 bits per heavy atom. The van der Waals surface area contributed by atoms with Crippen molar-refractivity contribution in [2.75, 3.05) is 31.1 Å². The zero-order valence-electron chi connectivity index (χ0n) is 15.2. The maximum Gasteiger partial charge on any atom is 0.264 e. The molecule has 0 aliphatic rings. The van der Waals surface area contributed by atoms with E-state index in [0.717, 1.165) is 15.4 Å². The van der Waals surface area contributed by atoms with Crippen LogP contribution >= 0.6 is 0 Å². The lowest BCUT2D eigenvalue weighted by atomic mass is 10.1. The summed E-state index contributed by atoms with van der Waals surface area (Å²) in [6, 6.07) is 13.4. The van der Waals surface area contributed by atoms with Crippen LogP contribution in [0, 0.1) is 13.8 Å². The van der Waals surface area contributed by atoms with Gasteiger partial charge in [0.15, 0.2) is 0 Å². The van der Waals surface area contributed by atoms with Crippen LogP contribution in [0.4, 0.5) is 5.69 Å². The van der Waals surface area contributed by atoms with Crippen molar-refractivity contribution in [1.29, 1.82) is 0 Å². The topological polar surface area (TPSA) is 75.7 Å². The Kier molecular flexibility index (Phi) is 6.76. The number of ether oxygens (including phenoxy) is 1. The summed E-state index contributed by atoms with van der Waals surface area (Å²) in [7, 11) is -2.33. The van der Waals surface area contributed by atoms with Gasteiger partial charge in [0.1, 0.15) is 6.54 Å². The van der Waals surface area contributed by atoms with Crippen LogP contribution in [0.15, 0.2) is 53.4 Å². The van der Waals surface area contributed by atoms with Gasteiger partial charge in [-0.3, -0.25) is 9.10 Å². The molecule has 26 heavy (non-hydrogen) atoms. The SMILES string of the molecule is COCCNC(=O)CN(c1ccc(C)c(C)c1)S(=O)(=O)c1ccccc1. The summed E-state index contributed by atoms with van der Waals surface area (Å²) < 4.78 is 32.3. The Morgan fingerprint density at radius 1 is 1.08 bits per heavy atom. The van der Waals surface area contributed by atoms with Gasteiger partial charge in [-0.1, -0.05) is 24.3 Å². The van der Waals surface area contributed by atoms with Crippen LogP contribution in [0.2, 0.25) is 0 Å². The lowest BCUT2D eigenvalue weighted by Gasteiger charge is -2.24. The Morgan fingerprint density at radius 3 is 2.38 bits per heavy atom. The van der Waals surface area contributed by atoms with Gasteiger partial charge in [0, 0.05) is 13.7 Å². The van der Waals surface area contributed by atoms with E-state index in [9.17, 15) is 13.2 Å². The summed E-state index contributed by atoms with van der Waals surface area (Å²) in [5.74, 6) is -0.389. The molecule has 7 heteroatoms. The number of aryl methyl sites for hydroxylation is 2. The van der Waals surface area contributed by atoms with Crippen LogP contribution in [0.25, 0.3) is 0 Å². The fraction of sp³-hybridized carbons (Fsp3) is 0.316. The van der Waals surface area contributed by atoms with E-state index in [1.807, 2.05) is 19.9 Å². The van der Waals surface area contributed by atoms with E-state index in [0.29, 0.717) is 18.8 Å². The van der Waals surface area contributed by atoms with Crippen molar-refractivity contribution in [3.63, 3.8) is 0 Å². The number of hydrogen-bond acceptors (Lipinski definition) is 4. The van der Waals surface area contributed by atoms with E-state index < -0.39 is 10.0 Å². The van der Waals surface area contributed by atoms with E-state index in [2.05, 4.69) is 5.32 Å². The molecule has 0 fully saturated rings. The van der Waals surface area contributed by atoms with Crippen molar-refractivity contribution in [3.8, 4) is 0 Å². The number of methoxy groups -OCH3 is 1. The molecule has 0 radical (unpaired) electrons. The highest BCUT2D eigenvalue weighted by atomic mass is 32.2. The van der Waals surface area contributed by atoms with Crippen molar-refractivity contribution in [2.45, 2.75) is 18.7 Å². The first-order valence-corrected chi connectivity index (χ1v) is 9.71. The highest BCUT2D eigenvalue weighted by molar-refractivity contribution is 7.92. The van der Waals surface area contributed by atoms with E-state index in [1.165, 1.54) is 19.2 Å². The number of carbonyl (C=O) groups excluding carboxylic acids is 1. The molecule has 2 rings (SSSR count). The maximum atomic E-state index is 13.1. The molecule has 0 bridgehead atoms. The molecule has 140 valence electrons. The average molecular weight is 376 g/mol. The highest BCUT2D eigenvalue weighted by Gasteiger charge is 2.27. The number of nitrogens with one attached hydrogen (secondary N) is 1. The molecular formula is C19H24N2O4S. The Bertz CT molecular complexity index is 851. The number of benzene rings is 2. The molecule has 0 spiro atoms. The number of rotatable bonds is 8. The summed E-state index contributed by atoms with van der Waals surface area (Å²) in [5, 5.41) is 2.66. The van der Waals surface area contributed by atoms with Gasteiger partial charge in [-0.05, 0) is 49.2 Å². The van der Waals surface area contributed by atoms with Crippen molar-refractivity contribution in [2.24, 2.45) is 0 Å². The fourth-order valence-corrected chi connectivity index (χ4v) is 3.83. The molecule has 6 nitrogen and oxygen atoms in total. The number of anilines is 1. The Hall–Kier alpha value is -2.38. The summed E-state index contributed by atoms with van der Waals surface area (Å²) in [5.41, 5.74) is 2.46. The lowest BCUT2D eigenvalue weighted by molar-refractivity contribution is -0.119. The first-order valence-electron chi connectivity index (χ1n) is 8.27. The molecule has 0 saturated heterocycles. The monoisotopic (exact) mass is 376 g/mol. The Balaban J connectivity index is 2.38. The smallest absolute Gasteiger partial charge is 0.264 e. The van der Waals surface area contributed by atoms with Gasteiger partial charge < -0.3 is 10.1 Å². The molecule has 0 atom stereocenters. The van der Waals surface area contributed by atoms with Gasteiger partial charge in [-0.25, -0.2) is 8.42 Å². The fourth-order valence-electron chi connectivity index (χ4n) is 2.39. The normalized spacial score (nSPS) is 11.2. The van der Waals surface area contributed by atoms with E-state index in [4.69, 9.17) is 4.74 Å².